The number of rotatable bonds is 7. The molecule has 2 aromatic rings. The molecule has 0 N–H and O–H groups in total. The van der Waals surface area contributed by atoms with E-state index in [0.717, 1.165) is 24.3 Å². The van der Waals surface area contributed by atoms with Crippen molar-refractivity contribution in [2.75, 3.05) is 14.2 Å². The molecule has 0 aliphatic carbocycles. The van der Waals surface area contributed by atoms with E-state index in [0.29, 0.717) is 5.66 Å². The monoisotopic (exact) mass is 348 g/mol. The standard InChI is InChI=1S/C19H25O2PS/c1-5-17(6-2)22(23,18-11-7-15(20-3)8-12-18)19-13-9-16(21-4)10-14-19/h7-14,17H,5-6H2,1-4H3. The van der Waals surface area contributed by atoms with Crippen LogP contribution in [0.4, 0.5) is 0 Å². The van der Waals surface area contributed by atoms with Gasteiger partial charge >= 0.3 is 0 Å². The summed E-state index contributed by atoms with van der Waals surface area (Å²) in [4.78, 5) is 0. The van der Waals surface area contributed by atoms with Crippen LogP contribution in [-0.2, 0) is 11.8 Å². The quantitative estimate of drug-likeness (QED) is 0.694. The molecular formula is C19H25O2PS. The average Bonchev–Trinajstić information content (AvgIpc) is 2.62. The Kier molecular flexibility index (Phi) is 6.26. The molecule has 0 aliphatic rings. The van der Waals surface area contributed by atoms with E-state index < -0.39 is 6.04 Å². The lowest BCUT2D eigenvalue weighted by atomic mass is 10.3. The van der Waals surface area contributed by atoms with Crippen molar-refractivity contribution in [1.82, 2.24) is 0 Å². The maximum Gasteiger partial charge on any atom is 0.118 e. The van der Waals surface area contributed by atoms with Crippen LogP contribution < -0.4 is 20.1 Å². The SMILES string of the molecule is CCC(CC)P(=S)(c1ccc(OC)cc1)c1ccc(OC)cc1. The molecule has 0 heterocycles. The fourth-order valence-electron chi connectivity index (χ4n) is 2.98. The fraction of sp³-hybridized carbons (Fsp3) is 0.368. The summed E-state index contributed by atoms with van der Waals surface area (Å²) < 4.78 is 10.6. The Hall–Kier alpha value is -1.31. The van der Waals surface area contributed by atoms with Crippen molar-refractivity contribution < 1.29 is 9.47 Å². The molecule has 0 saturated carbocycles. The van der Waals surface area contributed by atoms with E-state index >= 15 is 0 Å². The molecule has 0 fully saturated rings. The van der Waals surface area contributed by atoms with Gasteiger partial charge in [0.05, 0.1) is 14.2 Å². The minimum Gasteiger partial charge on any atom is -0.497 e. The highest BCUT2D eigenvalue weighted by molar-refractivity contribution is 8.22. The number of ether oxygens (including phenoxy) is 2. The largest absolute Gasteiger partial charge is 0.497 e. The first-order valence-electron chi connectivity index (χ1n) is 7.99. The van der Waals surface area contributed by atoms with Gasteiger partial charge in [0.2, 0.25) is 0 Å². The lowest BCUT2D eigenvalue weighted by molar-refractivity contribution is 0.415. The van der Waals surface area contributed by atoms with Crippen LogP contribution in [0.25, 0.3) is 0 Å². The van der Waals surface area contributed by atoms with Gasteiger partial charge in [0, 0.05) is 6.04 Å². The van der Waals surface area contributed by atoms with Crippen LogP contribution >= 0.6 is 6.04 Å². The molecular weight excluding hydrogens is 323 g/mol. The maximum absolute atomic E-state index is 6.34. The zero-order valence-electron chi connectivity index (χ0n) is 14.3. The third-order valence-corrected chi connectivity index (χ3v) is 10.4. The number of benzene rings is 2. The van der Waals surface area contributed by atoms with Gasteiger partial charge in [-0.25, -0.2) is 0 Å². The summed E-state index contributed by atoms with van der Waals surface area (Å²) in [5.41, 5.74) is 0.499. The van der Waals surface area contributed by atoms with E-state index in [1.807, 2.05) is 24.3 Å². The molecule has 0 saturated heterocycles. The number of hydrogen-bond donors (Lipinski definition) is 0. The minimum atomic E-state index is -1.87. The topological polar surface area (TPSA) is 18.5 Å². The molecule has 0 bridgehead atoms. The highest BCUT2D eigenvalue weighted by Crippen LogP contribution is 2.51. The normalized spacial score (nSPS) is 11.5. The summed E-state index contributed by atoms with van der Waals surface area (Å²) in [5.74, 6) is 1.74. The van der Waals surface area contributed by atoms with Crippen LogP contribution in [0.1, 0.15) is 26.7 Å². The van der Waals surface area contributed by atoms with E-state index in [1.54, 1.807) is 14.2 Å². The molecule has 2 aromatic carbocycles. The van der Waals surface area contributed by atoms with Crippen molar-refractivity contribution in [3.8, 4) is 11.5 Å². The van der Waals surface area contributed by atoms with Gasteiger partial charge in [-0.1, -0.05) is 25.7 Å². The lowest BCUT2D eigenvalue weighted by Crippen LogP contribution is -2.25. The first kappa shape index (κ1) is 18.0. The van der Waals surface area contributed by atoms with E-state index in [1.165, 1.54) is 10.6 Å². The summed E-state index contributed by atoms with van der Waals surface area (Å²) in [6.07, 6.45) is 2.18. The first-order valence-corrected chi connectivity index (χ1v) is 10.9. The molecule has 0 amide bonds. The van der Waals surface area contributed by atoms with Crippen LogP contribution in [0.5, 0.6) is 11.5 Å². The smallest absolute Gasteiger partial charge is 0.118 e. The molecule has 2 rings (SSSR count). The molecule has 4 heteroatoms. The summed E-state index contributed by atoms with van der Waals surface area (Å²) in [6, 6.07) is 14.8. The van der Waals surface area contributed by atoms with Crippen molar-refractivity contribution in [3.63, 3.8) is 0 Å². The lowest BCUT2D eigenvalue weighted by Gasteiger charge is -2.31. The third kappa shape index (κ3) is 3.62. The van der Waals surface area contributed by atoms with Crippen LogP contribution in [0.15, 0.2) is 48.5 Å². The van der Waals surface area contributed by atoms with Gasteiger partial charge in [0.15, 0.2) is 0 Å². The van der Waals surface area contributed by atoms with Crippen LogP contribution in [0, 0.1) is 0 Å². The van der Waals surface area contributed by atoms with Crippen LogP contribution in [0.2, 0.25) is 0 Å². The second kappa shape index (κ2) is 7.99. The van der Waals surface area contributed by atoms with Crippen molar-refractivity contribution >= 4 is 28.5 Å². The Morgan fingerprint density at radius 3 is 1.39 bits per heavy atom. The van der Waals surface area contributed by atoms with Gasteiger partial charge in [-0.2, -0.15) is 0 Å². The Bertz CT molecular complexity index is 609. The summed E-state index contributed by atoms with van der Waals surface area (Å²) in [5, 5.41) is 2.51. The highest BCUT2D eigenvalue weighted by Gasteiger charge is 2.29. The Labute approximate surface area is 144 Å². The number of hydrogen-bond acceptors (Lipinski definition) is 3. The van der Waals surface area contributed by atoms with E-state index in [4.69, 9.17) is 21.3 Å². The van der Waals surface area contributed by atoms with Gasteiger partial charge in [-0.05, 0) is 77.6 Å². The summed E-state index contributed by atoms with van der Waals surface area (Å²) in [7, 11) is 3.38. The van der Waals surface area contributed by atoms with Crippen LogP contribution in [0.3, 0.4) is 0 Å². The minimum absolute atomic E-state index is 0.499. The molecule has 23 heavy (non-hydrogen) atoms. The summed E-state index contributed by atoms with van der Waals surface area (Å²) >= 11 is 6.34. The van der Waals surface area contributed by atoms with E-state index in [9.17, 15) is 0 Å². The Morgan fingerprint density at radius 1 is 0.783 bits per heavy atom. The Balaban J connectivity index is 2.56. The molecule has 0 spiro atoms. The van der Waals surface area contributed by atoms with Gasteiger partial charge in [-0.3, -0.25) is 0 Å². The Morgan fingerprint density at radius 2 is 1.13 bits per heavy atom. The zero-order valence-corrected chi connectivity index (χ0v) is 16.0. The van der Waals surface area contributed by atoms with Crippen molar-refractivity contribution in [2.24, 2.45) is 0 Å². The van der Waals surface area contributed by atoms with Crippen molar-refractivity contribution in [3.05, 3.63) is 48.5 Å². The predicted molar refractivity (Wildman–Crippen MR) is 104 cm³/mol. The molecule has 2 nitrogen and oxygen atoms in total. The number of methoxy groups -OCH3 is 2. The molecule has 0 radical (unpaired) electrons. The van der Waals surface area contributed by atoms with Gasteiger partial charge in [0.1, 0.15) is 11.5 Å². The van der Waals surface area contributed by atoms with Crippen molar-refractivity contribution in [1.29, 1.82) is 0 Å². The van der Waals surface area contributed by atoms with Crippen molar-refractivity contribution in [2.45, 2.75) is 32.3 Å². The average molecular weight is 348 g/mol. The van der Waals surface area contributed by atoms with Gasteiger partial charge in [0.25, 0.3) is 0 Å². The van der Waals surface area contributed by atoms with E-state index in [-0.39, 0.29) is 0 Å². The van der Waals surface area contributed by atoms with Gasteiger partial charge < -0.3 is 9.47 Å². The zero-order chi connectivity index (χ0) is 16.9. The molecule has 124 valence electrons. The second-order valence-corrected chi connectivity index (χ2v) is 10.3. The maximum atomic E-state index is 6.34. The predicted octanol–water partition coefficient (Wildman–Crippen LogP) is 4.32. The molecule has 0 aromatic heterocycles. The van der Waals surface area contributed by atoms with E-state index in [2.05, 4.69) is 38.1 Å². The fourth-order valence-corrected chi connectivity index (χ4v) is 7.96. The van der Waals surface area contributed by atoms with Gasteiger partial charge in [-0.15, -0.1) is 0 Å². The first-order chi connectivity index (χ1) is 11.1. The molecule has 0 atom stereocenters. The second-order valence-electron chi connectivity index (χ2n) is 5.52. The van der Waals surface area contributed by atoms with Crippen LogP contribution in [-0.4, -0.2) is 19.9 Å². The highest BCUT2D eigenvalue weighted by atomic mass is 32.4. The summed E-state index contributed by atoms with van der Waals surface area (Å²) in [6.45, 7) is 4.48. The molecule has 0 aliphatic heterocycles. The molecule has 0 unspecified atom stereocenters. The third-order valence-electron chi connectivity index (χ3n) is 4.37.